The molecule has 1 N–H and O–H groups in total. The van der Waals surface area contributed by atoms with Crippen molar-refractivity contribution in [3.05, 3.63) is 52.3 Å². The minimum absolute atomic E-state index is 0.525. The fourth-order valence-electron chi connectivity index (χ4n) is 2.93. The van der Waals surface area contributed by atoms with Crippen molar-refractivity contribution in [3.8, 4) is 0 Å². The number of benzene rings is 1. The molecule has 1 heterocycles. The fraction of sp³-hybridized carbons (Fsp3) is 0.357. The van der Waals surface area contributed by atoms with Crippen LogP contribution in [0, 0.1) is 0 Å². The van der Waals surface area contributed by atoms with Crippen LogP contribution in [0.15, 0.2) is 30.5 Å². The van der Waals surface area contributed by atoms with Crippen molar-refractivity contribution in [2.24, 2.45) is 7.05 Å². The molecule has 1 unspecified atom stereocenters. The van der Waals surface area contributed by atoms with Crippen molar-refractivity contribution in [1.82, 2.24) is 9.78 Å². The van der Waals surface area contributed by atoms with E-state index < -0.39 is 5.60 Å². The predicted octanol–water partition coefficient (Wildman–Crippen LogP) is 2.65. The molecule has 0 saturated heterocycles. The number of aromatic nitrogens is 2. The normalized spacial score (nSPS) is 22.8. The van der Waals surface area contributed by atoms with Gasteiger partial charge in [-0.15, -0.1) is 0 Å². The van der Waals surface area contributed by atoms with Crippen LogP contribution in [0.5, 0.6) is 0 Å². The van der Waals surface area contributed by atoms with E-state index in [0.29, 0.717) is 17.1 Å². The van der Waals surface area contributed by atoms with Crippen LogP contribution in [-0.2, 0) is 19.1 Å². The highest BCUT2D eigenvalue weighted by atomic mass is 35.5. The van der Waals surface area contributed by atoms with E-state index in [-0.39, 0.29) is 0 Å². The van der Waals surface area contributed by atoms with Crippen LogP contribution in [0.4, 0.5) is 0 Å². The molecule has 0 amide bonds. The predicted molar refractivity (Wildman–Crippen MR) is 70.6 cm³/mol. The number of aliphatic hydroxyl groups is 1. The lowest BCUT2D eigenvalue weighted by molar-refractivity contribution is 0.0533. The lowest BCUT2D eigenvalue weighted by Crippen LogP contribution is -2.34. The van der Waals surface area contributed by atoms with Crippen LogP contribution < -0.4 is 0 Å². The first kappa shape index (κ1) is 11.8. The van der Waals surface area contributed by atoms with Crippen LogP contribution in [-0.4, -0.2) is 14.9 Å². The maximum atomic E-state index is 11.1. The molecule has 4 heteroatoms. The minimum Gasteiger partial charge on any atom is -0.379 e. The van der Waals surface area contributed by atoms with Crippen LogP contribution in [0.2, 0.25) is 5.02 Å². The molecule has 1 aromatic carbocycles. The lowest BCUT2D eigenvalue weighted by Gasteiger charge is -2.34. The molecule has 3 rings (SSSR count). The van der Waals surface area contributed by atoms with Gasteiger partial charge in [-0.3, -0.25) is 4.68 Å². The van der Waals surface area contributed by atoms with Gasteiger partial charge >= 0.3 is 0 Å². The van der Waals surface area contributed by atoms with Crippen molar-refractivity contribution in [2.45, 2.75) is 24.9 Å². The Morgan fingerprint density at radius 2 is 2.17 bits per heavy atom. The van der Waals surface area contributed by atoms with Crippen LogP contribution >= 0.6 is 11.6 Å². The molecule has 1 atom stereocenters. The summed E-state index contributed by atoms with van der Waals surface area (Å²) in [5, 5.41) is 15.8. The second-order valence-electron chi connectivity index (χ2n) is 4.84. The Balaban J connectivity index is 2.23. The Bertz CT molecular complexity index is 574. The highest BCUT2D eigenvalue weighted by Gasteiger charge is 2.39. The molecular weight excluding hydrogens is 248 g/mol. The van der Waals surface area contributed by atoms with Gasteiger partial charge in [-0.25, -0.2) is 0 Å². The fourth-order valence-corrected chi connectivity index (χ4v) is 3.26. The summed E-state index contributed by atoms with van der Waals surface area (Å²) in [4.78, 5) is 0. The first-order valence-corrected chi connectivity index (χ1v) is 6.49. The zero-order valence-electron chi connectivity index (χ0n) is 10.2. The van der Waals surface area contributed by atoms with Crippen molar-refractivity contribution < 1.29 is 5.11 Å². The monoisotopic (exact) mass is 262 g/mol. The number of hydrogen-bond acceptors (Lipinski definition) is 2. The van der Waals surface area contributed by atoms with E-state index in [9.17, 15) is 5.11 Å². The van der Waals surface area contributed by atoms with Crippen molar-refractivity contribution >= 4 is 11.6 Å². The summed E-state index contributed by atoms with van der Waals surface area (Å²) < 4.78 is 1.67. The van der Waals surface area contributed by atoms with Gasteiger partial charge < -0.3 is 5.11 Å². The summed E-state index contributed by atoms with van der Waals surface area (Å²) in [6.45, 7) is 0. The Hall–Kier alpha value is -1.32. The summed E-state index contributed by atoms with van der Waals surface area (Å²) in [6, 6.07) is 8.02. The third-order valence-corrected chi connectivity index (χ3v) is 4.01. The molecule has 0 saturated carbocycles. The zero-order valence-corrected chi connectivity index (χ0v) is 11.0. The Morgan fingerprint density at radius 3 is 2.89 bits per heavy atom. The topological polar surface area (TPSA) is 38.0 Å². The second kappa shape index (κ2) is 4.11. The molecule has 0 fully saturated rings. The van der Waals surface area contributed by atoms with Gasteiger partial charge in [0, 0.05) is 7.05 Å². The summed E-state index contributed by atoms with van der Waals surface area (Å²) >= 11 is 6.19. The van der Waals surface area contributed by atoms with Crippen LogP contribution in [0.3, 0.4) is 0 Å². The summed E-state index contributed by atoms with van der Waals surface area (Å²) in [5.74, 6) is 0. The lowest BCUT2D eigenvalue weighted by atomic mass is 9.77. The SMILES string of the molecule is Cn1ncc(Cl)c1C1(O)CCCc2ccccc21. The van der Waals surface area contributed by atoms with Gasteiger partial charge in [-0.1, -0.05) is 35.9 Å². The highest BCUT2D eigenvalue weighted by Crippen LogP contribution is 2.42. The van der Waals surface area contributed by atoms with Gasteiger partial charge in [0.05, 0.1) is 16.9 Å². The number of aryl methyl sites for hydroxylation is 2. The van der Waals surface area contributed by atoms with Gasteiger partial charge in [0.25, 0.3) is 0 Å². The molecule has 2 aromatic rings. The standard InChI is InChI=1S/C14H15ClN2O/c1-17-13(12(15)9-16-17)14(18)8-4-6-10-5-2-3-7-11(10)14/h2-3,5,7,9,18H,4,6,8H2,1H3. The smallest absolute Gasteiger partial charge is 0.133 e. The molecule has 0 spiro atoms. The Kier molecular flexibility index (Phi) is 2.68. The van der Waals surface area contributed by atoms with E-state index >= 15 is 0 Å². The zero-order chi connectivity index (χ0) is 12.8. The maximum absolute atomic E-state index is 11.1. The van der Waals surface area contributed by atoms with Gasteiger partial charge in [-0.05, 0) is 30.4 Å². The van der Waals surface area contributed by atoms with Gasteiger partial charge in [0.2, 0.25) is 0 Å². The van der Waals surface area contributed by atoms with Crippen LogP contribution in [0.25, 0.3) is 0 Å². The molecule has 1 aliphatic rings. The van der Waals surface area contributed by atoms with E-state index in [1.54, 1.807) is 10.9 Å². The average molecular weight is 263 g/mol. The van der Waals surface area contributed by atoms with E-state index in [1.807, 2.05) is 25.2 Å². The molecule has 3 nitrogen and oxygen atoms in total. The van der Waals surface area contributed by atoms with E-state index in [0.717, 1.165) is 18.4 Å². The van der Waals surface area contributed by atoms with E-state index in [4.69, 9.17) is 11.6 Å². The molecule has 0 aliphatic heterocycles. The molecule has 1 aliphatic carbocycles. The highest BCUT2D eigenvalue weighted by molar-refractivity contribution is 6.31. The number of rotatable bonds is 1. The van der Waals surface area contributed by atoms with Crippen LogP contribution in [0.1, 0.15) is 29.7 Å². The van der Waals surface area contributed by atoms with Gasteiger partial charge in [-0.2, -0.15) is 5.10 Å². The number of hydrogen-bond donors (Lipinski definition) is 1. The molecular formula is C14H15ClN2O. The van der Waals surface area contributed by atoms with E-state index in [1.165, 1.54) is 5.56 Å². The number of fused-ring (bicyclic) bond motifs is 1. The summed E-state index contributed by atoms with van der Waals surface area (Å²) in [6.07, 6.45) is 4.23. The second-order valence-corrected chi connectivity index (χ2v) is 5.24. The van der Waals surface area contributed by atoms with E-state index in [2.05, 4.69) is 11.2 Å². The van der Waals surface area contributed by atoms with Gasteiger partial charge in [0.1, 0.15) is 5.60 Å². The molecule has 0 radical (unpaired) electrons. The van der Waals surface area contributed by atoms with Gasteiger partial charge in [0.15, 0.2) is 0 Å². The first-order chi connectivity index (χ1) is 8.63. The number of halogens is 1. The maximum Gasteiger partial charge on any atom is 0.133 e. The molecule has 0 bridgehead atoms. The molecule has 94 valence electrons. The number of nitrogens with zero attached hydrogens (tertiary/aromatic N) is 2. The quantitative estimate of drug-likeness (QED) is 0.858. The first-order valence-electron chi connectivity index (χ1n) is 6.11. The Morgan fingerprint density at radius 1 is 1.39 bits per heavy atom. The van der Waals surface area contributed by atoms with Crippen molar-refractivity contribution in [1.29, 1.82) is 0 Å². The molecule has 1 aromatic heterocycles. The van der Waals surface area contributed by atoms with Crippen molar-refractivity contribution in [3.63, 3.8) is 0 Å². The third-order valence-electron chi connectivity index (χ3n) is 3.73. The summed E-state index contributed by atoms with van der Waals surface area (Å²) in [7, 11) is 1.82. The average Bonchev–Trinajstić information content (AvgIpc) is 2.70. The molecule has 18 heavy (non-hydrogen) atoms. The summed E-state index contributed by atoms with van der Waals surface area (Å²) in [5.41, 5.74) is 1.83. The Labute approximate surface area is 111 Å². The third kappa shape index (κ3) is 1.58. The van der Waals surface area contributed by atoms with Crippen molar-refractivity contribution in [2.75, 3.05) is 0 Å². The largest absolute Gasteiger partial charge is 0.379 e. The minimum atomic E-state index is -1.02.